The largest absolute Gasteiger partial charge is 0.481 e. The highest BCUT2D eigenvalue weighted by atomic mass is 16.5. The van der Waals surface area contributed by atoms with E-state index in [9.17, 15) is 19.5 Å². The number of carbonyl (C=O) groups excluding carboxylic acids is 2. The van der Waals surface area contributed by atoms with Crippen LogP contribution in [-0.2, 0) is 14.3 Å². The van der Waals surface area contributed by atoms with E-state index in [1.165, 1.54) is 22.3 Å². The second kappa shape index (κ2) is 10.1. The van der Waals surface area contributed by atoms with E-state index in [-0.39, 0.29) is 36.9 Å². The van der Waals surface area contributed by atoms with Crippen molar-refractivity contribution in [1.29, 1.82) is 0 Å². The molecule has 4 rings (SSSR count). The van der Waals surface area contributed by atoms with Crippen molar-refractivity contribution in [2.24, 2.45) is 11.3 Å². The highest BCUT2D eigenvalue weighted by Gasteiger charge is 2.47. The molecule has 0 spiro atoms. The van der Waals surface area contributed by atoms with Crippen LogP contribution in [0, 0.1) is 11.3 Å². The molecule has 0 saturated carbocycles. The van der Waals surface area contributed by atoms with Gasteiger partial charge in [-0.1, -0.05) is 55.5 Å². The third-order valence-electron chi connectivity index (χ3n) is 7.68. The van der Waals surface area contributed by atoms with E-state index in [1.807, 2.05) is 38.1 Å². The first-order valence-corrected chi connectivity index (χ1v) is 12.3. The predicted molar refractivity (Wildman–Crippen MR) is 133 cm³/mol. The monoisotopic (exact) mass is 478 g/mol. The number of alkyl carbamates (subject to hydrolysis) is 1. The first kappa shape index (κ1) is 24.8. The zero-order chi connectivity index (χ0) is 25.2. The molecule has 1 fully saturated rings. The van der Waals surface area contributed by atoms with Gasteiger partial charge < -0.3 is 20.1 Å². The van der Waals surface area contributed by atoms with Crippen LogP contribution in [0.15, 0.2) is 48.5 Å². The van der Waals surface area contributed by atoms with Crippen molar-refractivity contribution >= 4 is 18.0 Å². The van der Waals surface area contributed by atoms with E-state index in [0.717, 1.165) is 0 Å². The Hall–Kier alpha value is -3.35. The zero-order valence-corrected chi connectivity index (χ0v) is 20.6. The molecule has 2 aromatic rings. The highest BCUT2D eigenvalue weighted by Crippen LogP contribution is 2.44. The van der Waals surface area contributed by atoms with Gasteiger partial charge in [0.2, 0.25) is 5.91 Å². The van der Waals surface area contributed by atoms with Gasteiger partial charge >= 0.3 is 12.1 Å². The van der Waals surface area contributed by atoms with Gasteiger partial charge in [0.05, 0.1) is 5.41 Å². The number of nitrogens with one attached hydrogen (secondary N) is 1. The summed E-state index contributed by atoms with van der Waals surface area (Å²) in [5, 5.41) is 12.4. The third kappa shape index (κ3) is 5.04. The van der Waals surface area contributed by atoms with E-state index in [4.69, 9.17) is 4.74 Å². The van der Waals surface area contributed by atoms with Crippen LogP contribution in [0.3, 0.4) is 0 Å². The van der Waals surface area contributed by atoms with Gasteiger partial charge in [0.1, 0.15) is 6.61 Å². The second-order valence-corrected chi connectivity index (χ2v) is 10.2. The molecule has 1 unspecified atom stereocenters. The summed E-state index contributed by atoms with van der Waals surface area (Å²) in [6.07, 6.45) is 1.11. The minimum absolute atomic E-state index is 0.0143. The molecule has 2 N–H and O–H groups in total. The molecule has 3 atom stereocenters. The van der Waals surface area contributed by atoms with Crippen molar-refractivity contribution in [2.45, 2.75) is 52.0 Å². The SMILES string of the molecule is CC(CCCC(=O)N1C[C@H](C)[C@@](C)(C(=O)O)C1)NC(=O)OCC1c2ccccc2-c2ccccc21. The van der Waals surface area contributed by atoms with E-state index in [0.29, 0.717) is 25.8 Å². The summed E-state index contributed by atoms with van der Waals surface area (Å²) in [4.78, 5) is 38.3. The molecule has 2 amide bonds. The number of ether oxygens (including phenoxy) is 1. The number of aliphatic carboxylic acids is 1. The number of hydrogen-bond acceptors (Lipinski definition) is 4. The number of amides is 2. The maximum Gasteiger partial charge on any atom is 0.407 e. The number of benzene rings is 2. The lowest BCUT2D eigenvalue weighted by atomic mass is 9.81. The number of fused-ring (bicyclic) bond motifs is 3. The van der Waals surface area contributed by atoms with Gasteiger partial charge in [-0.3, -0.25) is 9.59 Å². The number of hydrogen-bond donors (Lipinski definition) is 2. The number of carboxylic acids is 1. The molecule has 0 aromatic heterocycles. The van der Waals surface area contributed by atoms with Crippen LogP contribution in [0.5, 0.6) is 0 Å². The van der Waals surface area contributed by atoms with Crippen molar-refractivity contribution in [3.63, 3.8) is 0 Å². The van der Waals surface area contributed by atoms with Gasteiger partial charge in [0.15, 0.2) is 0 Å². The smallest absolute Gasteiger partial charge is 0.407 e. The molecule has 1 aliphatic carbocycles. The fraction of sp³-hybridized carbons (Fsp3) is 0.464. The maximum absolute atomic E-state index is 12.6. The van der Waals surface area contributed by atoms with Crippen molar-refractivity contribution in [1.82, 2.24) is 10.2 Å². The molecular weight excluding hydrogens is 444 g/mol. The summed E-state index contributed by atoms with van der Waals surface area (Å²) in [7, 11) is 0. The fourth-order valence-electron chi connectivity index (χ4n) is 5.25. The molecule has 0 bridgehead atoms. The number of rotatable bonds is 8. The van der Waals surface area contributed by atoms with Crippen LogP contribution in [0.25, 0.3) is 11.1 Å². The van der Waals surface area contributed by atoms with E-state index < -0.39 is 17.5 Å². The molecule has 1 saturated heterocycles. The van der Waals surface area contributed by atoms with Crippen molar-refractivity contribution < 1.29 is 24.2 Å². The lowest BCUT2D eigenvalue weighted by Gasteiger charge is -2.22. The minimum atomic E-state index is -0.894. The van der Waals surface area contributed by atoms with Crippen LogP contribution in [0.4, 0.5) is 4.79 Å². The fourth-order valence-corrected chi connectivity index (χ4v) is 5.25. The van der Waals surface area contributed by atoms with E-state index in [1.54, 1.807) is 11.8 Å². The van der Waals surface area contributed by atoms with Gasteiger partial charge in [-0.25, -0.2) is 4.79 Å². The normalized spacial score (nSPS) is 21.8. The summed E-state index contributed by atoms with van der Waals surface area (Å²) in [6.45, 7) is 6.45. The lowest BCUT2D eigenvalue weighted by Crippen LogP contribution is -2.36. The molecule has 7 heteroatoms. The Bertz CT molecular complexity index is 1070. The van der Waals surface area contributed by atoms with Gasteiger partial charge in [-0.15, -0.1) is 0 Å². The van der Waals surface area contributed by atoms with Crippen molar-refractivity contribution in [2.75, 3.05) is 19.7 Å². The zero-order valence-electron chi connectivity index (χ0n) is 20.6. The number of carbonyl (C=O) groups is 3. The highest BCUT2D eigenvalue weighted by molar-refractivity contribution is 5.81. The molecule has 35 heavy (non-hydrogen) atoms. The minimum Gasteiger partial charge on any atom is -0.481 e. The van der Waals surface area contributed by atoms with Crippen LogP contribution in [0.1, 0.15) is 57.1 Å². The second-order valence-electron chi connectivity index (χ2n) is 10.2. The van der Waals surface area contributed by atoms with Crippen molar-refractivity contribution in [3.05, 3.63) is 59.7 Å². The summed E-state index contributed by atoms with van der Waals surface area (Å²) in [6, 6.07) is 16.3. The summed E-state index contributed by atoms with van der Waals surface area (Å²) >= 11 is 0. The Morgan fingerprint density at radius 1 is 1.11 bits per heavy atom. The number of carboxylic acid groups (broad SMARTS) is 1. The number of nitrogens with zero attached hydrogens (tertiary/aromatic N) is 1. The Labute approximate surface area is 206 Å². The third-order valence-corrected chi connectivity index (χ3v) is 7.68. The predicted octanol–water partition coefficient (Wildman–Crippen LogP) is 4.65. The molecule has 186 valence electrons. The van der Waals surface area contributed by atoms with E-state index >= 15 is 0 Å². The molecule has 7 nitrogen and oxygen atoms in total. The average Bonchev–Trinajstić information content (AvgIpc) is 3.32. The quantitative estimate of drug-likeness (QED) is 0.576. The molecule has 2 aliphatic rings. The Kier molecular flexibility index (Phi) is 7.15. The summed E-state index contributed by atoms with van der Waals surface area (Å²) < 4.78 is 5.60. The molecule has 1 aliphatic heterocycles. The maximum atomic E-state index is 12.6. The van der Waals surface area contributed by atoms with Gasteiger partial charge in [0.25, 0.3) is 0 Å². The molecule has 0 radical (unpaired) electrons. The van der Waals surface area contributed by atoms with Gasteiger partial charge in [-0.05, 0) is 54.9 Å². The van der Waals surface area contributed by atoms with Crippen LogP contribution < -0.4 is 5.32 Å². The van der Waals surface area contributed by atoms with E-state index in [2.05, 4.69) is 29.6 Å². The van der Waals surface area contributed by atoms with Crippen LogP contribution >= 0.6 is 0 Å². The first-order valence-electron chi connectivity index (χ1n) is 12.3. The van der Waals surface area contributed by atoms with Crippen molar-refractivity contribution in [3.8, 4) is 11.1 Å². The van der Waals surface area contributed by atoms with Crippen LogP contribution in [0.2, 0.25) is 0 Å². The Morgan fingerprint density at radius 3 is 2.29 bits per heavy atom. The Morgan fingerprint density at radius 2 is 1.71 bits per heavy atom. The summed E-state index contributed by atoms with van der Waals surface area (Å²) in [5.41, 5.74) is 3.82. The van der Waals surface area contributed by atoms with Crippen LogP contribution in [-0.4, -0.2) is 53.7 Å². The first-order chi connectivity index (χ1) is 16.7. The molecule has 1 heterocycles. The lowest BCUT2D eigenvalue weighted by molar-refractivity contribution is -0.149. The van der Waals surface area contributed by atoms with Gasteiger partial charge in [0, 0.05) is 31.5 Å². The molecular formula is C28H34N2O5. The topological polar surface area (TPSA) is 95.9 Å². The Balaban J connectivity index is 1.22. The average molecular weight is 479 g/mol. The standard InChI is InChI=1S/C28H34N2O5/c1-18-15-30(17-28(18,3)26(32)33)25(31)14-8-9-19(2)29-27(34)35-16-24-22-12-6-4-10-20(22)21-11-5-7-13-23(21)24/h4-7,10-13,18-19,24H,8-9,14-17H2,1-3H3,(H,29,34)(H,32,33)/t18-,19?,28-/m0/s1. The number of likely N-dealkylation sites (tertiary alicyclic amines) is 1. The van der Waals surface area contributed by atoms with Gasteiger partial charge in [-0.2, -0.15) is 0 Å². The summed E-state index contributed by atoms with van der Waals surface area (Å²) in [5.74, 6) is -0.963. The molecule has 2 aromatic carbocycles.